The van der Waals surface area contributed by atoms with E-state index >= 15 is 0 Å². The summed E-state index contributed by atoms with van der Waals surface area (Å²) in [7, 11) is 5.05. The standard InChI is InChI=1S/C11H23NO4/c1-12(7-5-11(13)15-3)6-4-8-16-10-9-14-2/h4-10H2,1-3H3. The van der Waals surface area contributed by atoms with Crippen LogP contribution in [0.2, 0.25) is 0 Å². The average molecular weight is 233 g/mol. The zero-order valence-corrected chi connectivity index (χ0v) is 10.5. The molecule has 0 spiro atoms. The van der Waals surface area contributed by atoms with Crippen molar-refractivity contribution in [1.29, 1.82) is 0 Å². The van der Waals surface area contributed by atoms with E-state index in [1.54, 1.807) is 7.11 Å². The molecule has 0 bridgehead atoms. The van der Waals surface area contributed by atoms with E-state index in [4.69, 9.17) is 9.47 Å². The monoisotopic (exact) mass is 233 g/mol. The molecule has 5 nitrogen and oxygen atoms in total. The molecule has 5 heteroatoms. The summed E-state index contributed by atoms with van der Waals surface area (Å²) < 4.78 is 14.8. The maximum atomic E-state index is 10.9. The van der Waals surface area contributed by atoms with Crippen LogP contribution in [0.15, 0.2) is 0 Å². The molecule has 0 aromatic rings. The van der Waals surface area contributed by atoms with Crippen LogP contribution in [0.5, 0.6) is 0 Å². The zero-order chi connectivity index (χ0) is 12.2. The molecule has 16 heavy (non-hydrogen) atoms. The summed E-state index contributed by atoms with van der Waals surface area (Å²) in [4.78, 5) is 13.0. The molecule has 0 unspecified atom stereocenters. The van der Waals surface area contributed by atoms with Crippen molar-refractivity contribution in [2.75, 3.05) is 54.2 Å². The molecule has 0 rings (SSSR count). The predicted octanol–water partition coefficient (Wildman–Crippen LogP) is 0.534. The Bertz CT molecular complexity index is 175. The van der Waals surface area contributed by atoms with Crippen molar-refractivity contribution in [3.8, 4) is 0 Å². The highest BCUT2D eigenvalue weighted by atomic mass is 16.5. The molecule has 0 aromatic carbocycles. The third kappa shape index (κ3) is 9.89. The minimum absolute atomic E-state index is 0.164. The van der Waals surface area contributed by atoms with Gasteiger partial charge < -0.3 is 19.1 Å². The van der Waals surface area contributed by atoms with Crippen molar-refractivity contribution in [3.63, 3.8) is 0 Å². The van der Waals surface area contributed by atoms with Gasteiger partial charge in [0.05, 0.1) is 26.7 Å². The van der Waals surface area contributed by atoms with Crippen LogP contribution >= 0.6 is 0 Å². The van der Waals surface area contributed by atoms with Crippen LogP contribution in [0.1, 0.15) is 12.8 Å². The Balaban J connectivity index is 3.23. The number of methoxy groups -OCH3 is 2. The van der Waals surface area contributed by atoms with Gasteiger partial charge in [-0.1, -0.05) is 0 Å². The first-order valence-corrected chi connectivity index (χ1v) is 5.52. The number of rotatable bonds is 10. The van der Waals surface area contributed by atoms with Gasteiger partial charge in [-0.2, -0.15) is 0 Å². The van der Waals surface area contributed by atoms with E-state index in [-0.39, 0.29) is 5.97 Å². The number of hydrogen-bond donors (Lipinski definition) is 0. The Hall–Kier alpha value is -0.650. The highest BCUT2D eigenvalue weighted by molar-refractivity contribution is 5.69. The summed E-state index contributed by atoms with van der Waals surface area (Å²) in [6.45, 7) is 3.65. The fourth-order valence-corrected chi connectivity index (χ4v) is 1.18. The van der Waals surface area contributed by atoms with E-state index in [2.05, 4.69) is 9.64 Å². The second-order valence-corrected chi connectivity index (χ2v) is 3.59. The van der Waals surface area contributed by atoms with E-state index in [9.17, 15) is 4.79 Å². The molecule has 0 atom stereocenters. The predicted molar refractivity (Wildman–Crippen MR) is 61.4 cm³/mol. The van der Waals surface area contributed by atoms with Gasteiger partial charge in [-0.3, -0.25) is 4.79 Å². The van der Waals surface area contributed by atoms with E-state index in [1.165, 1.54) is 7.11 Å². The maximum absolute atomic E-state index is 10.9. The van der Waals surface area contributed by atoms with Gasteiger partial charge in [0, 0.05) is 26.8 Å². The Morgan fingerprint density at radius 2 is 1.88 bits per heavy atom. The lowest BCUT2D eigenvalue weighted by Gasteiger charge is -2.15. The van der Waals surface area contributed by atoms with Gasteiger partial charge in [0.2, 0.25) is 0 Å². The van der Waals surface area contributed by atoms with E-state index in [0.29, 0.717) is 19.6 Å². The highest BCUT2D eigenvalue weighted by Crippen LogP contribution is 1.93. The summed E-state index contributed by atoms with van der Waals surface area (Å²) in [6, 6.07) is 0. The van der Waals surface area contributed by atoms with Crippen LogP contribution in [0.4, 0.5) is 0 Å². The lowest BCUT2D eigenvalue weighted by molar-refractivity contribution is -0.140. The summed E-state index contributed by atoms with van der Waals surface area (Å²) in [6.07, 6.45) is 1.40. The quantitative estimate of drug-likeness (QED) is 0.407. The molecule has 0 radical (unpaired) electrons. The number of esters is 1. The lowest BCUT2D eigenvalue weighted by Crippen LogP contribution is -2.24. The molecule has 0 aliphatic heterocycles. The first-order chi connectivity index (χ1) is 7.70. The van der Waals surface area contributed by atoms with Crippen molar-refractivity contribution in [1.82, 2.24) is 4.90 Å². The highest BCUT2D eigenvalue weighted by Gasteiger charge is 2.03. The average Bonchev–Trinajstić information content (AvgIpc) is 2.30. The molecule has 0 fully saturated rings. The molecule has 96 valence electrons. The van der Waals surface area contributed by atoms with Gasteiger partial charge >= 0.3 is 5.97 Å². The smallest absolute Gasteiger partial charge is 0.306 e. The maximum Gasteiger partial charge on any atom is 0.306 e. The Kier molecular flexibility index (Phi) is 10.4. The Morgan fingerprint density at radius 1 is 1.12 bits per heavy atom. The van der Waals surface area contributed by atoms with Gasteiger partial charge in [0.1, 0.15) is 0 Å². The summed E-state index contributed by atoms with van der Waals surface area (Å²) >= 11 is 0. The molecule has 0 aliphatic carbocycles. The number of nitrogens with zero attached hydrogens (tertiary/aromatic N) is 1. The first-order valence-electron chi connectivity index (χ1n) is 5.52. The topological polar surface area (TPSA) is 48.0 Å². The van der Waals surface area contributed by atoms with Crippen molar-refractivity contribution in [2.45, 2.75) is 12.8 Å². The van der Waals surface area contributed by atoms with Crippen LogP contribution in [-0.4, -0.2) is 65.0 Å². The normalized spacial score (nSPS) is 10.8. The largest absolute Gasteiger partial charge is 0.469 e. The van der Waals surface area contributed by atoms with Gasteiger partial charge in [0.15, 0.2) is 0 Å². The van der Waals surface area contributed by atoms with E-state index in [0.717, 1.165) is 26.1 Å². The SMILES string of the molecule is COCCOCCCN(C)CCC(=O)OC. The van der Waals surface area contributed by atoms with Crippen molar-refractivity contribution in [3.05, 3.63) is 0 Å². The molecule has 0 amide bonds. The van der Waals surface area contributed by atoms with Crippen LogP contribution in [-0.2, 0) is 19.0 Å². The molecule has 0 aromatic heterocycles. The summed E-state index contributed by atoms with van der Waals surface area (Å²) in [5, 5.41) is 0. The van der Waals surface area contributed by atoms with Gasteiger partial charge in [0.25, 0.3) is 0 Å². The second-order valence-electron chi connectivity index (χ2n) is 3.59. The lowest BCUT2D eigenvalue weighted by atomic mass is 10.3. The number of hydrogen-bond acceptors (Lipinski definition) is 5. The molecule has 0 N–H and O–H groups in total. The number of carbonyl (C=O) groups excluding carboxylic acids is 1. The zero-order valence-electron chi connectivity index (χ0n) is 10.5. The van der Waals surface area contributed by atoms with Crippen LogP contribution in [0.3, 0.4) is 0 Å². The van der Waals surface area contributed by atoms with Crippen molar-refractivity contribution >= 4 is 5.97 Å². The van der Waals surface area contributed by atoms with E-state index < -0.39 is 0 Å². The second kappa shape index (κ2) is 10.9. The fourth-order valence-electron chi connectivity index (χ4n) is 1.18. The van der Waals surface area contributed by atoms with E-state index in [1.807, 2.05) is 7.05 Å². The van der Waals surface area contributed by atoms with Crippen LogP contribution < -0.4 is 0 Å². The third-order valence-corrected chi connectivity index (χ3v) is 2.19. The molecule has 0 heterocycles. The summed E-state index contributed by atoms with van der Waals surface area (Å²) in [5.74, 6) is -0.164. The molecule has 0 saturated heterocycles. The summed E-state index contributed by atoms with van der Waals surface area (Å²) in [5.41, 5.74) is 0. The van der Waals surface area contributed by atoms with Crippen LogP contribution in [0, 0.1) is 0 Å². The minimum Gasteiger partial charge on any atom is -0.469 e. The first kappa shape index (κ1) is 15.3. The van der Waals surface area contributed by atoms with Gasteiger partial charge in [-0.05, 0) is 13.5 Å². The molecule has 0 aliphatic rings. The Labute approximate surface area is 97.7 Å². The number of ether oxygens (including phenoxy) is 3. The Morgan fingerprint density at radius 3 is 2.50 bits per heavy atom. The molecule has 0 saturated carbocycles. The third-order valence-electron chi connectivity index (χ3n) is 2.19. The fraction of sp³-hybridized carbons (Fsp3) is 0.909. The van der Waals surface area contributed by atoms with Gasteiger partial charge in [-0.15, -0.1) is 0 Å². The molecular weight excluding hydrogens is 210 g/mol. The number of carbonyl (C=O) groups is 1. The van der Waals surface area contributed by atoms with Crippen LogP contribution in [0.25, 0.3) is 0 Å². The molecular formula is C11H23NO4. The van der Waals surface area contributed by atoms with Gasteiger partial charge in [-0.25, -0.2) is 0 Å². The minimum atomic E-state index is -0.164. The van der Waals surface area contributed by atoms with Crippen molar-refractivity contribution < 1.29 is 19.0 Å². The van der Waals surface area contributed by atoms with Crippen molar-refractivity contribution in [2.24, 2.45) is 0 Å².